The molecule has 4 nitrogen and oxygen atoms in total. The molecule has 0 spiro atoms. The van der Waals surface area contributed by atoms with E-state index in [0.29, 0.717) is 16.3 Å². The van der Waals surface area contributed by atoms with Gasteiger partial charge in [0.15, 0.2) is 9.84 Å². The highest BCUT2D eigenvalue weighted by atomic mass is 35.5. The Morgan fingerprint density at radius 2 is 1.74 bits per heavy atom. The van der Waals surface area contributed by atoms with Crippen molar-refractivity contribution in [2.75, 3.05) is 11.3 Å². The van der Waals surface area contributed by atoms with Crippen LogP contribution in [0.15, 0.2) is 52.5 Å². The van der Waals surface area contributed by atoms with E-state index in [-0.39, 0.29) is 9.92 Å². The maximum Gasteiger partial charge on any atom is 0.431 e. The van der Waals surface area contributed by atoms with Gasteiger partial charge in [-0.2, -0.15) is 18.3 Å². The summed E-state index contributed by atoms with van der Waals surface area (Å²) in [6, 6.07) is 9.23. The highest BCUT2D eigenvalue weighted by molar-refractivity contribution is 7.90. The van der Waals surface area contributed by atoms with Gasteiger partial charge >= 0.3 is 6.18 Å². The van der Waals surface area contributed by atoms with E-state index in [2.05, 4.69) is 5.10 Å². The van der Waals surface area contributed by atoms with Gasteiger partial charge in [0.25, 0.3) is 0 Å². The molecule has 0 fully saturated rings. The van der Waals surface area contributed by atoms with E-state index in [4.69, 9.17) is 23.2 Å². The van der Waals surface area contributed by atoms with E-state index < -0.39 is 34.2 Å². The summed E-state index contributed by atoms with van der Waals surface area (Å²) in [7, 11) is -3.42. The molecule has 0 radical (unpaired) electrons. The van der Waals surface area contributed by atoms with Gasteiger partial charge < -0.3 is 0 Å². The summed E-state index contributed by atoms with van der Waals surface area (Å²) >= 11 is 12.1. The minimum Gasteiger partial charge on any atom is -0.257 e. The summed E-state index contributed by atoms with van der Waals surface area (Å²) in [6.45, 7) is 0. The monoisotopic (exact) mass is 436 g/mol. The zero-order valence-corrected chi connectivity index (χ0v) is 16.2. The minimum absolute atomic E-state index is 0.0616. The highest BCUT2D eigenvalue weighted by Gasteiger charge is 2.44. The second-order valence-electron chi connectivity index (χ2n) is 6.04. The van der Waals surface area contributed by atoms with Crippen LogP contribution in [0.3, 0.4) is 0 Å². The van der Waals surface area contributed by atoms with Gasteiger partial charge in [0.1, 0.15) is 5.71 Å². The first-order chi connectivity index (χ1) is 12.5. The number of halogens is 5. The maximum absolute atomic E-state index is 13.2. The summed E-state index contributed by atoms with van der Waals surface area (Å²) in [5.41, 5.74) is -0.181. The Morgan fingerprint density at radius 1 is 1.11 bits per heavy atom. The van der Waals surface area contributed by atoms with Crippen LogP contribution in [0.5, 0.6) is 0 Å². The van der Waals surface area contributed by atoms with Crippen LogP contribution in [0.4, 0.5) is 18.9 Å². The molecule has 0 saturated heterocycles. The molecule has 2 aromatic carbocycles. The molecule has 144 valence electrons. The molecule has 3 rings (SSSR count). The third kappa shape index (κ3) is 4.23. The van der Waals surface area contributed by atoms with Crippen molar-refractivity contribution in [2.24, 2.45) is 5.10 Å². The zero-order chi connectivity index (χ0) is 20.0. The lowest BCUT2D eigenvalue weighted by molar-refractivity contribution is -0.0600. The molecule has 0 amide bonds. The number of nitrogens with zero attached hydrogens (tertiary/aromatic N) is 2. The fourth-order valence-electron chi connectivity index (χ4n) is 2.78. The van der Waals surface area contributed by atoms with Crippen LogP contribution >= 0.6 is 23.2 Å². The van der Waals surface area contributed by atoms with Crippen molar-refractivity contribution in [1.29, 1.82) is 0 Å². The van der Waals surface area contributed by atoms with Crippen molar-refractivity contribution in [3.63, 3.8) is 0 Å². The average Bonchev–Trinajstić information content (AvgIpc) is 2.99. The van der Waals surface area contributed by atoms with E-state index in [1.807, 2.05) is 0 Å². The van der Waals surface area contributed by atoms with Gasteiger partial charge in [-0.25, -0.2) is 8.42 Å². The number of sulfone groups is 1. The van der Waals surface area contributed by atoms with Gasteiger partial charge in [0.2, 0.25) is 0 Å². The van der Waals surface area contributed by atoms with Crippen LogP contribution < -0.4 is 5.01 Å². The normalized spacial score (nSPS) is 17.9. The number of hydrogen-bond donors (Lipinski definition) is 0. The van der Waals surface area contributed by atoms with Gasteiger partial charge in [-0.15, -0.1) is 0 Å². The molecule has 2 aromatic rings. The third-order valence-electron chi connectivity index (χ3n) is 4.09. The summed E-state index contributed by atoms with van der Waals surface area (Å²) < 4.78 is 62.9. The Labute approximate surface area is 164 Å². The Bertz CT molecular complexity index is 1010. The highest BCUT2D eigenvalue weighted by Crippen LogP contribution is 2.42. The van der Waals surface area contributed by atoms with Crippen LogP contribution in [0.1, 0.15) is 18.0 Å². The number of hydrogen-bond acceptors (Lipinski definition) is 4. The second-order valence-corrected chi connectivity index (χ2v) is 8.90. The fourth-order valence-corrected chi connectivity index (χ4v) is 3.94. The first-order valence-corrected chi connectivity index (χ1v) is 10.3. The standard InChI is InChI=1S/C17H13Cl2F3N2O2S/c1-27(25,26)12-5-3-11(4-6-12)24-15(9-16(23-24)17(20,21)22)13-7-2-10(18)8-14(13)19/h2-8,15H,9H2,1H3. The van der Waals surface area contributed by atoms with Crippen molar-refractivity contribution in [3.05, 3.63) is 58.1 Å². The number of alkyl halides is 3. The van der Waals surface area contributed by atoms with Crippen molar-refractivity contribution < 1.29 is 21.6 Å². The van der Waals surface area contributed by atoms with E-state index in [1.165, 1.54) is 35.3 Å². The predicted molar refractivity (Wildman–Crippen MR) is 99.3 cm³/mol. The zero-order valence-electron chi connectivity index (χ0n) is 13.8. The first kappa shape index (κ1) is 20.0. The van der Waals surface area contributed by atoms with Crippen LogP contribution in [0.25, 0.3) is 0 Å². The first-order valence-electron chi connectivity index (χ1n) is 7.66. The molecule has 0 aromatic heterocycles. The SMILES string of the molecule is CS(=O)(=O)c1ccc(N2N=C(C(F)(F)F)CC2c2ccc(Cl)cc2Cl)cc1. The van der Waals surface area contributed by atoms with Gasteiger partial charge in [0.05, 0.1) is 16.6 Å². The van der Waals surface area contributed by atoms with Crippen LogP contribution in [0.2, 0.25) is 10.0 Å². The Hall–Kier alpha value is -1.77. The smallest absolute Gasteiger partial charge is 0.257 e. The van der Waals surface area contributed by atoms with Crippen molar-refractivity contribution in [1.82, 2.24) is 0 Å². The summed E-state index contributed by atoms with van der Waals surface area (Å²) in [4.78, 5) is 0.0616. The molecular weight excluding hydrogens is 424 g/mol. The Kier molecular flexibility index (Phi) is 5.18. The van der Waals surface area contributed by atoms with Crippen LogP contribution in [0, 0.1) is 0 Å². The quantitative estimate of drug-likeness (QED) is 0.658. The van der Waals surface area contributed by atoms with Crippen molar-refractivity contribution in [3.8, 4) is 0 Å². The van der Waals surface area contributed by atoms with Crippen LogP contribution in [-0.2, 0) is 9.84 Å². The molecule has 1 unspecified atom stereocenters. The predicted octanol–water partition coefficient (Wildman–Crippen LogP) is 5.27. The lowest BCUT2D eigenvalue weighted by Gasteiger charge is -2.25. The largest absolute Gasteiger partial charge is 0.431 e. The summed E-state index contributed by atoms with van der Waals surface area (Å²) in [5.74, 6) is 0. The number of rotatable bonds is 3. The van der Waals surface area contributed by atoms with E-state index >= 15 is 0 Å². The molecule has 0 aliphatic carbocycles. The Balaban J connectivity index is 2.05. The van der Waals surface area contributed by atoms with Gasteiger partial charge in [-0.05, 0) is 42.0 Å². The molecule has 10 heteroatoms. The lowest BCUT2D eigenvalue weighted by atomic mass is 10.0. The molecule has 27 heavy (non-hydrogen) atoms. The Morgan fingerprint density at radius 3 is 2.26 bits per heavy atom. The number of anilines is 1. The molecule has 1 aliphatic heterocycles. The fraction of sp³-hybridized carbons (Fsp3) is 0.235. The topological polar surface area (TPSA) is 49.7 Å². The van der Waals surface area contributed by atoms with E-state index in [1.54, 1.807) is 12.1 Å². The van der Waals surface area contributed by atoms with Gasteiger partial charge in [-0.3, -0.25) is 5.01 Å². The number of benzene rings is 2. The van der Waals surface area contributed by atoms with Gasteiger partial charge in [0, 0.05) is 22.7 Å². The summed E-state index contributed by atoms with van der Waals surface area (Å²) in [5, 5.41) is 5.51. The summed E-state index contributed by atoms with van der Waals surface area (Å²) in [6.07, 6.45) is -3.93. The van der Waals surface area contributed by atoms with Crippen molar-refractivity contribution in [2.45, 2.75) is 23.5 Å². The van der Waals surface area contributed by atoms with E-state index in [9.17, 15) is 21.6 Å². The third-order valence-corrected chi connectivity index (χ3v) is 5.78. The second kappa shape index (κ2) is 7.00. The van der Waals surface area contributed by atoms with E-state index in [0.717, 1.165) is 6.26 Å². The molecule has 1 atom stereocenters. The molecule has 1 aliphatic rings. The molecule has 0 saturated carbocycles. The maximum atomic E-state index is 13.2. The van der Waals surface area contributed by atoms with Crippen molar-refractivity contribution >= 4 is 44.4 Å². The molecule has 1 heterocycles. The van der Waals surface area contributed by atoms with Gasteiger partial charge in [-0.1, -0.05) is 29.3 Å². The lowest BCUT2D eigenvalue weighted by Crippen LogP contribution is -2.21. The number of hydrazone groups is 1. The minimum atomic E-state index is -4.58. The molecule has 0 N–H and O–H groups in total. The van der Waals surface area contributed by atoms with Crippen LogP contribution in [-0.4, -0.2) is 26.6 Å². The molecule has 0 bridgehead atoms. The average molecular weight is 437 g/mol. The molecular formula is C17H13Cl2F3N2O2S.